The van der Waals surface area contributed by atoms with Crippen LogP contribution < -0.4 is 58.3 Å². The standard InChI is InChI=1S/C68H81F3N14O13/c1-35-60(90)79-53(25-41-31-74-49-17-13-43(69)27-47(41)49)62(92)80-55(26-42-32-75-50-18-14-44(70)28-48(42)50)65(95)84-34-45(71)29-56(84)63(93)83-58(36(2)86)64(94)81-54(24-39-11-15-46(98-5)16-12-39)66(96)85-22-6-20-68(85,4)67(97)82-52(59(72)89)23-38-7-9-40(10-8-38)30-73-21-19-51(78-37(3)87)61(91)76-33-57(88)77-35/h7-18,27-28,31-32,35-36,45,51-56,58,73-75,86H,6,19-26,29-30,33-34H2,1-5H3,(H2,72,89)(H,76,91)(H,77,88)(H,78,87)(H,79,90)(H,80,92)(H,81,94)(H,82,97)(H,83,93)/t35-,36-,45+,51+,52+,53+,54+,55+,56+,58+,68+/m1/s1. The van der Waals surface area contributed by atoms with Crippen molar-refractivity contribution in [3.05, 3.63) is 137 Å². The lowest BCUT2D eigenvalue weighted by Gasteiger charge is -2.37. The van der Waals surface area contributed by atoms with Gasteiger partial charge in [0.2, 0.25) is 65.0 Å². The van der Waals surface area contributed by atoms with Gasteiger partial charge in [0.05, 0.1) is 26.3 Å². The number of aliphatic hydroxyl groups excluding tert-OH is 1. The zero-order chi connectivity index (χ0) is 70.7. The molecule has 6 heterocycles. The first-order valence-corrected chi connectivity index (χ1v) is 32.2. The highest BCUT2D eigenvalue weighted by Gasteiger charge is 2.49. The average Bonchev–Trinajstić information content (AvgIpc) is 1.63. The maximum absolute atomic E-state index is 16.1. The monoisotopic (exact) mass is 1360 g/mol. The van der Waals surface area contributed by atoms with Crippen molar-refractivity contribution in [1.82, 2.24) is 67.6 Å². The lowest BCUT2D eigenvalue weighted by molar-refractivity contribution is -0.147. The summed E-state index contributed by atoms with van der Waals surface area (Å²) in [6.07, 6.45) is -1.98. The van der Waals surface area contributed by atoms with Crippen LogP contribution in [-0.4, -0.2) is 189 Å². The van der Waals surface area contributed by atoms with Crippen molar-refractivity contribution in [1.29, 1.82) is 0 Å². The van der Waals surface area contributed by atoms with Crippen molar-refractivity contribution in [3.8, 4) is 5.75 Å². The maximum atomic E-state index is 16.1. The number of carbonyl (C=O) groups excluding carboxylic acids is 11. The Morgan fingerprint density at radius 2 is 1.33 bits per heavy atom. The fourth-order valence-corrected chi connectivity index (χ4v) is 12.6. The largest absolute Gasteiger partial charge is 0.497 e. The molecule has 4 aromatic carbocycles. The summed E-state index contributed by atoms with van der Waals surface area (Å²) in [6.45, 7) is 4.22. The number of hydrogen-bond acceptors (Lipinski definition) is 14. The van der Waals surface area contributed by atoms with Gasteiger partial charge in [0.1, 0.15) is 77.4 Å². The van der Waals surface area contributed by atoms with Crippen molar-refractivity contribution in [3.63, 3.8) is 0 Å². The third-order valence-corrected chi connectivity index (χ3v) is 18.0. The maximum Gasteiger partial charge on any atom is 0.246 e. The molecule has 2 fully saturated rings. The minimum atomic E-state index is -1.90. The zero-order valence-electron chi connectivity index (χ0n) is 54.7. The van der Waals surface area contributed by atoms with Crippen molar-refractivity contribution < 1.29 is 75.8 Å². The number of H-pyrrole nitrogens is 2. The predicted molar refractivity (Wildman–Crippen MR) is 350 cm³/mol. The molecule has 4 aliphatic rings. The number of primary amides is 1. The number of amides is 11. The Hall–Kier alpha value is -10.4. The van der Waals surface area contributed by atoms with Crippen LogP contribution in [0, 0.1) is 11.6 Å². The molecule has 2 bridgehead atoms. The van der Waals surface area contributed by atoms with E-state index in [1.165, 1.54) is 88.5 Å². The molecule has 30 heteroatoms. The molecule has 98 heavy (non-hydrogen) atoms. The minimum absolute atomic E-state index is 0.0129. The SMILES string of the molecule is COc1ccc(C[C@@H]2NC(=O)[C@H]([C@@H](C)O)NC(=O)[C@@H]3C[C@H](F)CN3C(=O)[C@H](Cc3c[nH]c4ccc(F)cc34)NC(=O)[C@H](Cc3c[nH]c4ccc(F)cc34)NC(=O)[C@@H](C)NC(=O)CNC(=O)[C@@H](NC(C)=O)CCNCc3ccc(cc3)C[C@@H](C(N)=O)NC(=O)[C@]3(C)CCCN3C2=O)cc1. The number of aliphatic hydroxyl groups is 1. The summed E-state index contributed by atoms with van der Waals surface area (Å²) in [5.74, 6) is -10.7. The van der Waals surface area contributed by atoms with E-state index in [2.05, 4.69) is 57.8 Å². The quantitative estimate of drug-likeness (QED) is 0.0829. The number of aromatic amines is 2. The summed E-state index contributed by atoms with van der Waals surface area (Å²) in [7, 11) is 1.45. The molecule has 11 atom stereocenters. The molecule has 0 saturated carbocycles. The number of alkyl halides is 1. The first-order chi connectivity index (χ1) is 46.7. The van der Waals surface area contributed by atoms with Crippen LogP contribution in [0.25, 0.3) is 21.8 Å². The van der Waals surface area contributed by atoms with Crippen molar-refractivity contribution >= 4 is 86.8 Å². The fourth-order valence-electron chi connectivity index (χ4n) is 12.6. The number of aromatic nitrogens is 2. The van der Waals surface area contributed by atoms with E-state index in [9.17, 15) is 52.2 Å². The lowest BCUT2D eigenvalue weighted by Crippen LogP contribution is -2.64. The number of nitrogens with one attached hydrogen (secondary N) is 11. The second-order valence-corrected chi connectivity index (χ2v) is 25.3. The topological polar surface area (TPSA) is 390 Å². The molecule has 6 aromatic rings. The van der Waals surface area contributed by atoms with E-state index in [1.807, 2.05) is 0 Å². The minimum Gasteiger partial charge on any atom is -0.497 e. The Bertz CT molecular complexity index is 3980. The van der Waals surface area contributed by atoms with Crippen LogP contribution in [-0.2, 0) is 85.0 Å². The number of nitrogens with zero attached hydrogens (tertiary/aromatic N) is 2. The van der Waals surface area contributed by atoms with Gasteiger partial charge in [-0.3, -0.25) is 52.7 Å². The Balaban J connectivity index is 1.05. The molecule has 4 aliphatic heterocycles. The number of hydrogen-bond donors (Lipinski definition) is 13. The van der Waals surface area contributed by atoms with E-state index in [4.69, 9.17) is 10.5 Å². The Kier molecular flexibility index (Phi) is 23.2. The summed E-state index contributed by atoms with van der Waals surface area (Å²) < 4.78 is 51.2. The molecule has 522 valence electrons. The van der Waals surface area contributed by atoms with Gasteiger partial charge < -0.3 is 83.2 Å². The number of halogens is 3. The van der Waals surface area contributed by atoms with Crippen LogP contribution in [0.3, 0.4) is 0 Å². The molecule has 27 nitrogen and oxygen atoms in total. The molecule has 14 N–H and O–H groups in total. The summed E-state index contributed by atoms with van der Waals surface area (Å²) >= 11 is 0. The van der Waals surface area contributed by atoms with Crippen LogP contribution in [0.5, 0.6) is 5.75 Å². The lowest BCUT2D eigenvalue weighted by atomic mass is 9.94. The summed E-state index contributed by atoms with van der Waals surface area (Å²) in [6, 6.07) is 8.73. The van der Waals surface area contributed by atoms with Crippen LogP contribution >= 0.6 is 0 Å². The molecule has 2 aromatic heterocycles. The van der Waals surface area contributed by atoms with Gasteiger partial charge in [-0.15, -0.1) is 0 Å². The van der Waals surface area contributed by atoms with Gasteiger partial charge in [0.15, 0.2) is 0 Å². The Morgan fingerprint density at radius 3 is 1.94 bits per heavy atom. The number of rotatable bonds is 10. The molecule has 0 unspecified atom stereocenters. The van der Waals surface area contributed by atoms with E-state index < -0.39 is 169 Å². The second kappa shape index (κ2) is 31.7. The number of methoxy groups -OCH3 is 1. The average molecular weight is 1360 g/mol. The highest BCUT2D eigenvalue weighted by molar-refractivity contribution is 6.00. The van der Waals surface area contributed by atoms with Gasteiger partial charge in [0, 0.05) is 86.3 Å². The Labute approximate surface area is 561 Å². The van der Waals surface area contributed by atoms with Crippen LogP contribution in [0.2, 0.25) is 0 Å². The summed E-state index contributed by atoms with van der Waals surface area (Å²) in [5.41, 5.74) is 7.56. The molecule has 2 saturated heterocycles. The van der Waals surface area contributed by atoms with Gasteiger partial charge >= 0.3 is 0 Å². The van der Waals surface area contributed by atoms with Crippen LogP contribution in [0.4, 0.5) is 13.2 Å². The number of ether oxygens (including phenoxy) is 1. The van der Waals surface area contributed by atoms with E-state index in [0.29, 0.717) is 45.3 Å². The van der Waals surface area contributed by atoms with E-state index in [-0.39, 0.29) is 62.7 Å². The normalized spacial score (nSPS) is 25.4. The second-order valence-electron chi connectivity index (χ2n) is 25.3. The van der Waals surface area contributed by atoms with Gasteiger partial charge in [-0.1, -0.05) is 36.4 Å². The third-order valence-electron chi connectivity index (χ3n) is 18.0. The van der Waals surface area contributed by atoms with E-state index in [0.717, 1.165) is 10.5 Å². The smallest absolute Gasteiger partial charge is 0.246 e. The van der Waals surface area contributed by atoms with Crippen LogP contribution in [0.1, 0.15) is 81.2 Å². The van der Waals surface area contributed by atoms with Crippen molar-refractivity contribution in [2.45, 2.75) is 152 Å². The number of nitrogens with two attached hydrogens (primary N) is 1. The van der Waals surface area contributed by atoms with Crippen LogP contribution in [0.15, 0.2) is 97.3 Å². The highest BCUT2D eigenvalue weighted by atomic mass is 19.1. The molecule has 0 spiro atoms. The van der Waals surface area contributed by atoms with E-state index >= 15 is 18.8 Å². The number of carbonyl (C=O) groups is 11. The van der Waals surface area contributed by atoms with Gasteiger partial charge in [-0.2, -0.15) is 0 Å². The molecule has 10 rings (SSSR count). The van der Waals surface area contributed by atoms with Gasteiger partial charge in [-0.25, -0.2) is 13.2 Å². The predicted octanol–water partition coefficient (Wildman–Crippen LogP) is 0.436. The fraction of sp³-hybridized carbons (Fsp3) is 0.426. The number of benzene rings is 4. The molecular formula is C68H81F3N14O13. The molecule has 0 radical (unpaired) electrons. The summed E-state index contributed by atoms with van der Waals surface area (Å²) in [4.78, 5) is 164. The molecule has 11 amide bonds. The third kappa shape index (κ3) is 17.6. The molecule has 0 aliphatic carbocycles. The van der Waals surface area contributed by atoms with Gasteiger partial charge in [-0.05, 0) is 123 Å². The highest BCUT2D eigenvalue weighted by Crippen LogP contribution is 2.32. The molecular weight excluding hydrogens is 1280 g/mol. The summed E-state index contributed by atoms with van der Waals surface area (Å²) in [5, 5.41) is 35.7. The van der Waals surface area contributed by atoms with Crippen molar-refractivity contribution in [2.75, 3.05) is 33.3 Å². The first kappa shape index (κ1) is 71.9. The Morgan fingerprint density at radius 1 is 0.724 bits per heavy atom. The first-order valence-electron chi connectivity index (χ1n) is 32.2. The van der Waals surface area contributed by atoms with E-state index in [1.54, 1.807) is 48.5 Å². The number of fused-ring (bicyclic) bond motifs is 30. The van der Waals surface area contributed by atoms with Crippen molar-refractivity contribution in [2.24, 2.45) is 5.73 Å². The zero-order valence-corrected chi connectivity index (χ0v) is 54.7. The van der Waals surface area contributed by atoms with Gasteiger partial charge in [0.25, 0.3) is 0 Å².